The van der Waals surface area contributed by atoms with Crippen LogP contribution in [0.25, 0.3) is 16.8 Å². The molecule has 0 fully saturated rings. The van der Waals surface area contributed by atoms with Crippen molar-refractivity contribution in [2.75, 3.05) is 0 Å². The first-order valence-electron chi connectivity index (χ1n) is 9.06. The molecule has 0 radical (unpaired) electrons. The molecule has 140 valence electrons. The van der Waals surface area contributed by atoms with Crippen molar-refractivity contribution < 1.29 is 15.0 Å². The summed E-state index contributed by atoms with van der Waals surface area (Å²) in [7, 11) is 0. The lowest BCUT2D eigenvalue weighted by molar-refractivity contribution is -0.141. The molecule has 0 aliphatic heterocycles. The zero-order valence-electron chi connectivity index (χ0n) is 15.2. The van der Waals surface area contributed by atoms with Gasteiger partial charge in [-0.2, -0.15) is 15.0 Å². The number of phenols is 1. The Balaban J connectivity index is 1.61. The van der Waals surface area contributed by atoms with Crippen molar-refractivity contribution in [3.05, 3.63) is 60.4 Å². The highest BCUT2D eigenvalue weighted by atomic mass is 16.4. The lowest BCUT2D eigenvalue weighted by Gasteiger charge is -2.09. The summed E-state index contributed by atoms with van der Waals surface area (Å²) in [5, 5.41) is 27.4. The Hall–Kier alpha value is -3.15. The molecule has 1 unspecified atom stereocenters. The molecule has 1 heterocycles. The van der Waals surface area contributed by atoms with Gasteiger partial charge in [-0.05, 0) is 54.2 Å². The number of phenolic OH excluding ortho intramolecular Hbond substituents is 1. The number of hydrogen-bond acceptors (Lipinski definition) is 4. The van der Waals surface area contributed by atoms with Gasteiger partial charge in [0.1, 0.15) is 5.75 Å². The first-order valence-corrected chi connectivity index (χ1v) is 9.06. The van der Waals surface area contributed by atoms with Gasteiger partial charge in [-0.1, -0.05) is 37.6 Å². The summed E-state index contributed by atoms with van der Waals surface area (Å²) in [6.45, 7) is 1.72. The number of aliphatic carboxylic acids is 1. The van der Waals surface area contributed by atoms with E-state index >= 15 is 0 Å². The molecule has 0 spiro atoms. The minimum absolute atomic E-state index is 0.275. The Morgan fingerprint density at radius 2 is 1.70 bits per heavy atom. The van der Waals surface area contributed by atoms with Crippen LogP contribution in [0.2, 0.25) is 0 Å². The summed E-state index contributed by atoms with van der Waals surface area (Å²) in [5.74, 6) is -0.797. The average molecular weight is 365 g/mol. The van der Waals surface area contributed by atoms with E-state index in [1.54, 1.807) is 30.2 Å². The molecule has 0 amide bonds. The first-order chi connectivity index (χ1) is 13.0. The highest BCUT2D eigenvalue weighted by Crippen LogP contribution is 2.28. The predicted molar refractivity (Wildman–Crippen MR) is 103 cm³/mol. The highest BCUT2D eigenvalue weighted by Gasteiger charge is 2.10. The van der Waals surface area contributed by atoms with Gasteiger partial charge < -0.3 is 10.2 Å². The third-order valence-electron chi connectivity index (χ3n) is 4.69. The standard InChI is InChI=1S/C21H23N3O3/c1-15(21(26)27)4-2-3-5-17-6-7-18(14-20(17)25)16-8-10-19(11-9-16)24-22-12-13-23-24/h6-15,25H,2-5H2,1H3,(H,26,27). The van der Waals surface area contributed by atoms with Gasteiger partial charge in [0.05, 0.1) is 24.0 Å². The summed E-state index contributed by atoms with van der Waals surface area (Å²) >= 11 is 0. The molecule has 2 aromatic carbocycles. The van der Waals surface area contributed by atoms with E-state index < -0.39 is 5.97 Å². The second kappa shape index (κ2) is 8.49. The number of aromatic hydroxyl groups is 1. The minimum atomic E-state index is -0.753. The number of carboxylic acids is 1. The molecule has 2 N–H and O–H groups in total. The molecule has 0 saturated carbocycles. The highest BCUT2D eigenvalue weighted by molar-refractivity contribution is 5.69. The van der Waals surface area contributed by atoms with Crippen LogP contribution in [0.4, 0.5) is 0 Å². The maximum Gasteiger partial charge on any atom is 0.306 e. The topological polar surface area (TPSA) is 88.2 Å². The number of hydrogen-bond donors (Lipinski definition) is 2. The second-order valence-electron chi connectivity index (χ2n) is 6.69. The van der Waals surface area contributed by atoms with E-state index in [0.29, 0.717) is 6.42 Å². The summed E-state index contributed by atoms with van der Waals surface area (Å²) in [6.07, 6.45) is 6.35. The van der Waals surface area contributed by atoms with Crippen LogP contribution in [0.3, 0.4) is 0 Å². The van der Waals surface area contributed by atoms with E-state index in [9.17, 15) is 9.90 Å². The Morgan fingerprint density at radius 3 is 2.33 bits per heavy atom. The van der Waals surface area contributed by atoms with Gasteiger partial charge in [0, 0.05) is 0 Å². The Kier molecular flexibility index (Phi) is 5.86. The monoisotopic (exact) mass is 365 g/mol. The smallest absolute Gasteiger partial charge is 0.306 e. The maximum atomic E-state index is 10.8. The number of rotatable bonds is 8. The number of unbranched alkanes of at least 4 members (excludes halogenated alkanes) is 1. The van der Waals surface area contributed by atoms with Gasteiger partial charge in [-0.3, -0.25) is 4.79 Å². The third kappa shape index (κ3) is 4.73. The molecule has 0 saturated heterocycles. The maximum absolute atomic E-state index is 10.8. The SMILES string of the molecule is CC(CCCCc1ccc(-c2ccc(-n3nccn3)cc2)cc1O)C(=O)O. The van der Waals surface area contributed by atoms with E-state index in [4.69, 9.17) is 5.11 Å². The quantitative estimate of drug-likeness (QED) is 0.587. The molecular weight excluding hydrogens is 342 g/mol. The summed E-state index contributed by atoms with van der Waals surface area (Å²) in [6, 6.07) is 13.5. The Morgan fingerprint density at radius 1 is 1.04 bits per heavy atom. The van der Waals surface area contributed by atoms with Gasteiger partial charge in [0.2, 0.25) is 0 Å². The summed E-state index contributed by atoms with van der Waals surface area (Å²) < 4.78 is 0. The van der Waals surface area contributed by atoms with Crippen LogP contribution in [0.15, 0.2) is 54.9 Å². The van der Waals surface area contributed by atoms with Crippen molar-refractivity contribution in [1.82, 2.24) is 15.0 Å². The molecule has 0 aliphatic rings. The number of aromatic nitrogens is 3. The summed E-state index contributed by atoms with van der Waals surface area (Å²) in [4.78, 5) is 12.4. The van der Waals surface area contributed by atoms with Crippen molar-refractivity contribution in [2.45, 2.75) is 32.6 Å². The van der Waals surface area contributed by atoms with Gasteiger partial charge in [0.15, 0.2) is 0 Å². The van der Waals surface area contributed by atoms with E-state index in [0.717, 1.165) is 41.6 Å². The van der Waals surface area contributed by atoms with Gasteiger partial charge in [-0.15, -0.1) is 0 Å². The lowest BCUT2D eigenvalue weighted by atomic mass is 9.98. The number of benzene rings is 2. The number of carboxylic acid groups (broad SMARTS) is 1. The van der Waals surface area contributed by atoms with Crippen molar-refractivity contribution in [3.8, 4) is 22.6 Å². The number of carbonyl (C=O) groups is 1. The van der Waals surface area contributed by atoms with E-state index in [-0.39, 0.29) is 11.7 Å². The fourth-order valence-corrected chi connectivity index (χ4v) is 2.98. The van der Waals surface area contributed by atoms with Crippen molar-refractivity contribution in [2.24, 2.45) is 5.92 Å². The fraction of sp³-hybridized carbons (Fsp3) is 0.286. The zero-order valence-corrected chi connectivity index (χ0v) is 15.2. The van der Waals surface area contributed by atoms with Crippen LogP contribution < -0.4 is 0 Å². The molecule has 1 aromatic heterocycles. The zero-order chi connectivity index (χ0) is 19.2. The summed E-state index contributed by atoms with van der Waals surface area (Å²) in [5.41, 5.74) is 3.71. The molecule has 0 aliphatic carbocycles. The van der Waals surface area contributed by atoms with Crippen molar-refractivity contribution in [3.63, 3.8) is 0 Å². The first kappa shape index (κ1) is 18.6. The second-order valence-corrected chi connectivity index (χ2v) is 6.69. The van der Waals surface area contributed by atoms with Crippen LogP contribution in [-0.4, -0.2) is 31.2 Å². The van der Waals surface area contributed by atoms with Crippen LogP contribution in [0.1, 0.15) is 31.7 Å². The molecule has 3 rings (SSSR count). The molecule has 1 atom stereocenters. The van der Waals surface area contributed by atoms with Crippen LogP contribution in [-0.2, 0) is 11.2 Å². The Labute approximate surface area is 158 Å². The largest absolute Gasteiger partial charge is 0.508 e. The molecule has 0 bridgehead atoms. The number of nitrogens with zero attached hydrogens (tertiary/aromatic N) is 3. The Bertz CT molecular complexity index is 890. The van der Waals surface area contributed by atoms with E-state index in [1.807, 2.05) is 36.4 Å². The third-order valence-corrected chi connectivity index (χ3v) is 4.69. The van der Waals surface area contributed by atoms with Crippen LogP contribution >= 0.6 is 0 Å². The van der Waals surface area contributed by atoms with E-state index in [1.165, 1.54) is 0 Å². The van der Waals surface area contributed by atoms with Crippen LogP contribution in [0.5, 0.6) is 5.75 Å². The molecule has 6 heteroatoms. The van der Waals surface area contributed by atoms with Crippen molar-refractivity contribution in [1.29, 1.82) is 0 Å². The van der Waals surface area contributed by atoms with Crippen molar-refractivity contribution >= 4 is 5.97 Å². The van der Waals surface area contributed by atoms with Gasteiger partial charge in [0.25, 0.3) is 0 Å². The number of aryl methyl sites for hydroxylation is 1. The average Bonchev–Trinajstić information content (AvgIpc) is 3.21. The predicted octanol–water partition coefficient (Wildman–Crippen LogP) is 4.07. The lowest BCUT2D eigenvalue weighted by Crippen LogP contribution is -2.08. The molecular formula is C21H23N3O3. The molecule has 3 aromatic rings. The minimum Gasteiger partial charge on any atom is -0.508 e. The molecule has 27 heavy (non-hydrogen) atoms. The molecule has 6 nitrogen and oxygen atoms in total. The normalized spacial score (nSPS) is 12.0. The van der Waals surface area contributed by atoms with Gasteiger partial charge in [-0.25, -0.2) is 0 Å². The van der Waals surface area contributed by atoms with Gasteiger partial charge >= 0.3 is 5.97 Å². The fourth-order valence-electron chi connectivity index (χ4n) is 2.98. The van der Waals surface area contributed by atoms with E-state index in [2.05, 4.69) is 10.2 Å². The van der Waals surface area contributed by atoms with Crippen LogP contribution in [0, 0.1) is 5.92 Å².